The molecular weight excluding hydrogens is 404 g/mol. The van der Waals surface area contributed by atoms with Crippen molar-refractivity contribution in [1.29, 1.82) is 0 Å². The Balaban J connectivity index is 1.64. The van der Waals surface area contributed by atoms with Gasteiger partial charge in [-0.1, -0.05) is 6.07 Å². The number of hydrogen-bond donors (Lipinski definition) is 1. The standard InChI is InChI=1S/C24H34N6O2/c1-17-7-8-19(31-5)13-20(17)28(4)23-22-18(9-11-30(22)27-16-26-23)14-29-12-10-24(2,25-3)21(15-29)32-6/h7-9,11,13,16,21,25H,10,12,14-15H2,1-6H3/t21-,24-/m1/s1/i5D3/hD. The van der Waals surface area contributed by atoms with Gasteiger partial charge in [0.1, 0.15) is 19.0 Å². The molecule has 0 spiro atoms. The summed E-state index contributed by atoms with van der Waals surface area (Å²) in [5, 5.41) is 5.92. The number of likely N-dealkylation sites (N-methyl/N-ethyl adjacent to an activating group) is 1. The molecule has 172 valence electrons. The lowest BCUT2D eigenvalue weighted by atomic mass is 9.86. The number of hydrogen-bond acceptors (Lipinski definition) is 7. The third-order valence-corrected chi connectivity index (χ3v) is 6.74. The average molecular weight is 443 g/mol. The summed E-state index contributed by atoms with van der Waals surface area (Å²) in [5.74, 6) is 0.972. The Labute approximate surface area is 195 Å². The van der Waals surface area contributed by atoms with Crippen molar-refractivity contribution in [3.05, 3.63) is 47.9 Å². The number of fused-ring (bicyclic) bond motifs is 1. The summed E-state index contributed by atoms with van der Waals surface area (Å²) in [6, 6.07) is 7.26. The van der Waals surface area contributed by atoms with Crippen LogP contribution in [0.3, 0.4) is 0 Å². The Morgan fingerprint density at radius 2 is 2.25 bits per heavy atom. The minimum Gasteiger partial charge on any atom is -0.497 e. The van der Waals surface area contributed by atoms with Gasteiger partial charge in [-0.2, -0.15) is 5.10 Å². The molecule has 0 saturated carbocycles. The molecule has 2 atom stereocenters. The molecule has 3 aromatic rings. The number of benzene rings is 1. The first kappa shape index (κ1) is 17.8. The first-order chi connectivity index (χ1) is 16.9. The second kappa shape index (κ2) is 9.05. The molecule has 1 aliphatic heterocycles. The van der Waals surface area contributed by atoms with E-state index in [1.165, 1.54) is 11.6 Å². The van der Waals surface area contributed by atoms with Gasteiger partial charge in [-0.25, -0.2) is 9.50 Å². The van der Waals surface area contributed by atoms with Crippen LogP contribution in [-0.4, -0.2) is 72.5 Å². The van der Waals surface area contributed by atoms with Gasteiger partial charge in [-0.3, -0.25) is 4.90 Å². The van der Waals surface area contributed by atoms with Gasteiger partial charge in [-0.05, 0) is 50.6 Å². The summed E-state index contributed by atoms with van der Waals surface area (Å²) in [4.78, 5) is 8.87. The zero-order valence-corrected chi connectivity index (χ0v) is 19.4. The molecule has 8 heteroatoms. The summed E-state index contributed by atoms with van der Waals surface area (Å²) in [5.41, 5.74) is 3.35. The second-order valence-electron chi connectivity index (χ2n) is 8.62. The number of anilines is 2. The molecule has 1 aromatic carbocycles. The van der Waals surface area contributed by atoms with Crippen molar-refractivity contribution in [3.8, 4) is 5.75 Å². The quantitative estimate of drug-likeness (QED) is 0.603. The number of aromatic nitrogens is 3. The fourth-order valence-electron chi connectivity index (χ4n) is 4.54. The molecule has 0 aliphatic carbocycles. The molecule has 0 amide bonds. The lowest BCUT2D eigenvalue weighted by Gasteiger charge is -2.45. The fraction of sp³-hybridized carbons (Fsp3) is 0.500. The summed E-state index contributed by atoms with van der Waals surface area (Å²) in [7, 11) is 2.86. The Hall–Kier alpha value is -2.68. The van der Waals surface area contributed by atoms with Crippen molar-refractivity contribution in [2.24, 2.45) is 0 Å². The first-order valence-electron chi connectivity index (χ1n) is 12.7. The molecule has 2 aromatic heterocycles. The molecule has 1 N–H and O–H groups in total. The monoisotopic (exact) mass is 442 g/mol. The number of rotatable bonds is 7. The number of aryl methyl sites for hydroxylation is 1. The highest BCUT2D eigenvalue weighted by molar-refractivity contribution is 5.79. The van der Waals surface area contributed by atoms with Gasteiger partial charge in [0.25, 0.3) is 0 Å². The van der Waals surface area contributed by atoms with E-state index in [0.717, 1.165) is 35.3 Å². The molecule has 1 fully saturated rings. The Morgan fingerprint density at radius 1 is 1.41 bits per heavy atom. The molecule has 0 unspecified atom stereocenters. The molecule has 32 heavy (non-hydrogen) atoms. The Kier molecular flexibility index (Phi) is 5.04. The van der Waals surface area contributed by atoms with E-state index in [0.29, 0.717) is 18.9 Å². The second-order valence-corrected chi connectivity index (χ2v) is 8.62. The van der Waals surface area contributed by atoms with E-state index in [2.05, 4.69) is 28.0 Å². The smallest absolute Gasteiger partial charge is 0.161 e. The van der Waals surface area contributed by atoms with Crippen LogP contribution in [0.2, 0.25) is 1.41 Å². The van der Waals surface area contributed by atoms with E-state index in [-0.39, 0.29) is 17.4 Å². The zero-order valence-electron chi connectivity index (χ0n) is 23.4. The highest BCUT2D eigenvalue weighted by atomic mass is 16.5. The van der Waals surface area contributed by atoms with Gasteiger partial charge >= 0.3 is 0 Å². The van der Waals surface area contributed by atoms with E-state index in [1.54, 1.807) is 26.3 Å². The number of methoxy groups -OCH3 is 2. The van der Waals surface area contributed by atoms with Crippen LogP contribution >= 0.6 is 0 Å². The van der Waals surface area contributed by atoms with Crippen molar-refractivity contribution in [2.45, 2.75) is 38.5 Å². The van der Waals surface area contributed by atoms with Gasteiger partial charge in [0.2, 0.25) is 0 Å². The predicted octanol–water partition coefficient (Wildman–Crippen LogP) is 3.01. The number of nitrogens with zero attached hydrogens (tertiary/aromatic N) is 5. The van der Waals surface area contributed by atoms with Crippen LogP contribution in [-0.2, 0) is 11.3 Å². The van der Waals surface area contributed by atoms with E-state index in [1.807, 2.05) is 35.6 Å². The van der Waals surface area contributed by atoms with Crippen molar-refractivity contribution in [1.82, 2.24) is 24.8 Å². The number of ether oxygens (including phenoxy) is 2. The summed E-state index contributed by atoms with van der Waals surface area (Å²) >= 11 is 0. The van der Waals surface area contributed by atoms with Crippen molar-refractivity contribution < 1.29 is 15.0 Å². The molecule has 3 heterocycles. The van der Waals surface area contributed by atoms with Crippen molar-refractivity contribution in [3.63, 3.8) is 0 Å². The lowest BCUT2D eigenvalue weighted by molar-refractivity contribution is -0.0341. The maximum absolute atomic E-state index is 8.18. The number of nitrogens with one attached hydrogen (secondary N) is 1. The summed E-state index contributed by atoms with van der Waals surface area (Å²) in [6.45, 7) is 6.26. The minimum atomic E-state index is -2.53. The van der Waals surface area contributed by atoms with Crippen LogP contribution in [0.4, 0.5) is 11.5 Å². The molecule has 0 radical (unpaired) electrons. The minimum absolute atomic E-state index is 0.0929. The van der Waals surface area contributed by atoms with Gasteiger partial charge in [0.05, 0.1) is 17.3 Å². The largest absolute Gasteiger partial charge is 0.497 e. The van der Waals surface area contributed by atoms with E-state index < -0.39 is 7.04 Å². The molecule has 1 aliphatic rings. The highest BCUT2D eigenvalue weighted by Crippen LogP contribution is 2.33. The van der Waals surface area contributed by atoms with Crippen LogP contribution in [0.1, 0.15) is 28.6 Å². The zero-order chi connectivity index (χ0) is 26.3. The van der Waals surface area contributed by atoms with Gasteiger partial charge in [0.15, 0.2) is 5.82 Å². The third-order valence-electron chi connectivity index (χ3n) is 6.74. The van der Waals surface area contributed by atoms with Crippen LogP contribution in [0.5, 0.6) is 5.75 Å². The SMILES string of the molecule is [2H]N(C)[C@]1(C)CCN(Cc2ccn3ncnc(N(C)c4cc(OC([2H])([2H])[2H])ccc4C)c23)C[C@H]1OC. The van der Waals surface area contributed by atoms with E-state index in [9.17, 15) is 0 Å². The molecule has 8 nitrogen and oxygen atoms in total. The fourth-order valence-corrected chi connectivity index (χ4v) is 4.54. The third kappa shape index (κ3) is 4.05. The van der Waals surface area contributed by atoms with Crippen LogP contribution in [0, 0.1) is 6.92 Å². The Morgan fingerprint density at radius 3 is 3.00 bits per heavy atom. The molecular formula is C24H34N6O2. The normalized spacial score (nSPS) is 24.1. The highest BCUT2D eigenvalue weighted by Gasteiger charge is 2.38. The van der Waals surface area contributed by atoms with Gasteiger partial charge < -0.3 is 19.7 Å². The van der Waals surface area contributed by atoms with E-state index >= 15 is 0 Å². The lowest BCUT2D eigenvalue weighted by Crippen LogP contribution is -2.60. The maximum atomic E-state index is 8.18. The molecule has 1 saturated heterocycles. The topological polar surface area (TPSA) is 67.2 Å². The van der Waals surface area contributed by atoms with Gasteiger partial charge in [0, 0.05) is 57.3 Å². The van der Waals surface area contributed by atoms with Crippen LogP contribution in [0.15, 0.2) is 36.8 Å². The molecule has 4 rings (SSSR count). The van der Waals surface area contributed by atoms with Gasteiger partial charge in [-0.15, -0.1) is 0 Å². The number of likely N-dealkylation sites (tertiary alicyclic amines) is 1. The summed E-state index contributed by atoms with van der Waals surface area (Å²) < 4.78 is 43.2. The molecule has 0 bridgehead atoms. The van der Waals surface area contributed by atoms with Crippen molar-refractivity contribution >= 4 is 17.0 Å². The average Bonchev–Trinajstić information content (AvgIpc) is 3.23. The summed E-state index contributed by atoms with van der Waals surface area (Å²) in [6.07, 6.45) is 4.16. The van der Waals surface area contributed by atoms with Crippen LogP contribution < -0.4 is 14.9 Å². The van der Waals surface area contributed by atoms with Crippen molar-refractivity contribution in [2.75, 3.05) is 46.2 Å². The first-order valence-corrected chi connectivity index (χ1v) is 10.8. The Bertz CT molecular complexity index is 1220. The number of piperidine rings is 1. The predicted molar refractivity (Wildman–Crippen MR) is 127 cm³/mol. The van der Waals surface area contributed by atoms with Crippen LogP contribution in [0.25, 0.3) is 5.52 Å². The maximum Gasteiger partial charge on any atom is 0.161 e. The van der Waals surface area contributed by atoms with E-state index in [4.69, 9.17) is 15.0 Å².